The summed E-state index contributed by atoms with van der Waals surface area (Å²) >= 11 is 6.81. The van der Waals surface area contributed by atoms with Crippen LogP contribution in [0.25, 0.3) is 0 Å². The van der Waals surface area contributed by atoms with Crippen LogP contribution < -0.4 is 5.32 Å². The Balaban J connectivity index is 2.23. The molecule has 0 saturated carbocycles. The Morgan fingerprint density at radius 3 is 3.27 bits per heavy atom. The number of allylic oxidation sites excluding steroid dienone is 2. The molecule has 1 nitrogen and oxygen atoms in total. The van der Waals surface area contributed by atoms with Crippen LogP contribution in [0.2, 0.25) is 0 Å². The molecule has 2 atom stereocenters. The highest BCUT2D eigenvalue weighted by molar-refractivity contribution is 8.23. The number of thiocarbonyl (C=S) groups is 1. The lowest BCUT2D eigenvalue weighted by molar-refractivity contribution is 0.773. The first-order valence-corrected chi connectivity index (χ1v) is 4.88. The first kappa shape index (κ1) is 7.37. The smallest absolute Gasteiger partial charge is 0.134 e. The van der Waals surface area contributed by atoms with Gasteiger partial charge in [0.1, 0.15) is 4.32 Å². The van der Waals surface area contributed by atoms with Crippen LogP contribution in [0.3, 0.4) is 0 Å². The van der Waals surface area contributed by atoms with Crippen LogP contribution in [0.4, 0.5) is 0 Å². The Bertz CT molecular complexity index is 255. The van der Waals surface area contributed by atoms with Crippen molar-refractivity contribution in [3.05, 3.63) is 23.8 Å². The van der Waals surface area contributed by atoms with E-state index >= 15 is 0 Å². The van der Waals surface area contributed by atoms with E-state index in [1.54, 1.807) is 11.8 Å². The Kier molecular flexibility index (Phi) is 1.77. The highest BCUT2D eigenvalue weighted by Crippen LogP contribution is 2.29. The second kappa shape index (κ2) is 2.64. The fourth-order valence-electron chi connectivity index (χ4n) is 1.31. The predicted molar refractivity (Wildman–Crippen MR) is 53.8 cm³/mol. The first-order chi connectivity index (χ1) is 5.25. The van der Waals surface area contributed by atoms with E-state index in [4.69, 9.17) is 12.2 Å². The van der Waals surface area contributed by atoms with Gasteiger partial charge >= 0.3 is 0 Å². The Morgan fingerprint density at radius 1 is 1.64 bits per heavy atom. The third kappa shape index (κ3) is 1.35. The second-order valence-electron chi connectivity index (χ2n) is 2.81. The summed E-state index contributed by atoms with van der Waals surface area (Å²) in [5, 5.41) is 3.77. The molecule has 1 heterocycles. The highest BCUT2D eigenvalue weighted by Gasteiger charge is 2.28. The van der Waals surface area contributed by atoms with Crippen LogP contribution in [0.5, 0.6) is 0 Å². The van der Waals surface area contributed by atoms with Crippen molar-refractivity contribution in [2.45, 2.75) is 18.2 Å². The Hall–Kier alpha value is -0.280. The van der Waals surface area contributed by atoms with E-state index in [0.717, 1.165) is 4.32 Å². The molecule has 0 radical (unpaired) electrons. The van der Waals surface area contributed by atoms with Crippen molar-refractivity contribution in [1.82, 2.24) is 5.32 Å². The topological polar surface area (TPSA) is 12.0 Å². The monoisotopic (exact) mass is 183 g/mol. The van der Waals surface area contributed by atoms with Crippen molar-refractivity contribution in [2.24, 2.45) is 0 Å². The molecule has 0 aromatic rings. The van der Waals surface area contributed by atoms with E-state index in [1.165, 1.54) is 5.57 Å². The third-order valence-electron chi connectivity index (χ3n) is 1.88. The Morgan fingerprint density at radius 2 is 2.45 bits per heavy atom. The van der Waals surface area contributed by atoms with Gasteiger partial charge in [-0.25, -0.2) is 0 Å². The molecular formula is C8H9NS2. The molecule has 2 aliphatic rings. The van der Waals surface area contributed by atoms with Gasteiger partial charge < -0.3 is 5.32 Å². The van der Waals surface area contributed by atoms with Crippen LogP contribution in [0, 0.1) is 0 Å². The summed E-state index contributed by atoms with van der Waals surface area (Å²) in [6.45, 7) is 2.12. The molecule has 11 heavy (non-hydrogen) atoms. The third-order valence-corrected chi connectivity index (χ3v) is 3.32. The van der Waals surface area contributed by atoms with Crippen LogP contribution in [-0.2, 0) is 0 Å². The van der Waals surface area contributed by atoms with Crippen LogP contribution in [-0.4, -0.2) is 15.6 Å². The normalized spacial score (nSPS) is 34.6. The van der Waals surface area contributed by atoms with E-state index in [2.05, 4.69) is 30.5 Å². The van der Waals surface area contributed by atoms with Crippen molar-refractivity contribution in [3.8, 4) is 0 Å². The van der Waals surface area contributed by atoms with E-state index < -0.39 is 0 Å². The molecule has 0 aromatic carbocycles. The summed E-state index contributed by atoms with van der Waals surface area (Å²) in [5.74, 6) is 0. The van der Waals surface area contributed by atoms with Gasteiger partial charge in [-0.15, -0.1) is 0 Å². The number of thioether (sulfide) groups is 1. The molecule has 58 valence electrons. The minimum Gasteiger partial charge on any atom is -0.363 e. The standard InChI is InChI=1S/C8H9NS2/c1-5-2-3-6-7(4-5)11-8(10)9-6/h2-4,6-7H,1H3,(H,9,10). The lowest BCUT2D eigenvalue weighted by Crippen LogP contribution is -2.29. The molecule has 1 fully saturated rings. The maximum Gasteiger partial charge on any atom is 0.134 e. The van der Waals surface area contributed by atoms with Crippen molar-refractivity contribution >= 4 is 28.3 Å². The largest absolute Gasteiger partial charge is 0.363 e. The maximum absolute atomic E-state index is 5.06. The molecule has 3 heteroatoms. The van der Waals surface area contributed by atoms with E-state index in [-0.39, 0.29) is 0 Å². The van der Waals surface area contributed by atoms with Gasteiger partial charge in [0.05, 0.1) is 11.3 Å². The predicted octanol–water partition coefficient (Wildman–Crippen LogP) is 1.86. The van der Waals surface area contributed by atoms with Crippen LogP contribution in [0.15, 0.2) is 23.8 Å². The summed E-state index contributed by atoms with van der Waals surface area (Å²) in [6, 6.07) is 0.441. The van der Waals surface area contributed by atoms with Gasteiger partial charge in [0.2, 0.25) is 0 Å². The molecule has 1 aliphatic heterocycles. The fourth-order valence-corrected chi connectivity index (χ4v) is 2.82. The molecule has 1 N–H and O–H groups in total. The minimum absolute atomic E-state index is 0.441. The van der Waals surface area contributed by atoms with Gasteiger partial charge in [0.25, 0.3) is 0 Å². The van der Waals surface area contributed by atoms with Gasteiger partial charge in [-0.2, -0.15) is 0 Å². The zero-order valence-corrected chi connectivity index (χ0v) is 7.84. The molecule has 0 aromatic heterocycles. The van der Waals surface area contributed by atoms with Crippen molar-refractivity contribution in [3.63, 3.8) is 0 Å². The summed E-state index contributed by atoms with van der Waals surface area (Å²) in [7, 11) is 0. The summed E-state index contributed by atoms with van der Waals surface area (Å²) in [4.78, 5) is 0. The SMILES string of the molecule is CC1=CC2SC(=S)NC2C=C1. The summed E-state index contributed by atoms with van der Waals surface area (Å²) in [6.07, 6.45) is 6.59. The molecular weight excluding hydrogens is 174 g/mol. The first-order valence-electron chi connectivity index (χ1n) is 3.59. The average molecular weight is 183 g/mol. The highest BCUT2D eigenvalue weighted by atomic mass is 32.2. The Labute approximate surface area is 75.9 Å². The number of fused-ring (bicyclic) bond motifs is 1. The molecule has 1 aliphatic carbocycles. The van der Waals surface area contributed by atoms with Gasteiger partial charge in [-0.05, 0) is 6.92 Å². The lowest BCUT2D eigenvalue weighted by Gasteiger charge is -2.14. The molecule has 1 saturated heterocycles. The van der Waals surface area contributed by atoms with E-state index in [0.29, 0.717) is 11.3 Å². The van der Waals surface area contributed by atoms with Gasteiger partial charge in [-0.3, -0.25) is 0 Å². The number of hydrogen-bond donors (Lipinski definition) is 1. The number of hydrogen-bond acceptors (Lipinski definition) is 2. The zero-order valence-electron chi connectivity index (χ0n) is 6.20. The molecule has 2 rings (SSSR count). The van der Waals surface area contributed by atoms with Gasteiger partial charge in [0, 0.05) is 0 Å². The molecule has 0 amide bonds. The lowest BCUT2D eigenvalue weighted by atomic mass is 10.0. The second-order valence-corrected chi connectivity index (χ2v) is 4.66. The molecule has 0 bridgehead atoms. The zero-order chi connectivity index (χ0) is 7.84. The van der Waals surface area contributed by atoms with Crippen molar-refractivity contribution in [1.29, 1.82) is 0 Å². The van der Waals surface area contributed by atoms with Gasteiger partial charge in [-0.1, -0.05) is 47.8 Å². The van der Waals surface area contributed by atoms with Crippen LogP contribution in [0.1, 0.15) is 6.92 Å². The number of nitrogens with one attached hydrogen (secondary N) is 1. The number of rotatable bonds is 0. The summed E-state index contributed by atoms with van der Waals surface area (Å²) in [5.41, 5.74) is 1.34. The average Bonchev–Trinajstić information content (AvgIpc) is 2.27. The van der Waals surface area contributed by atoms with E-state index in [1.807, 2.05) is 0 Å². The molecule has 2 unspecified atom stereocenters. The van der Waals surface area contributed by atoms with Gasteiger partial charge in [0.15, 0.2) is 0 Å². The maximum atomic E-state index is 5.06. The van der Waals surface area contributed by atoms with Crippen LogP contribution >= 0.6 is 24.0 Å². The van der Waals surface area contributed by atoms with E-state index in [9.17, 15) is 0 Å². The quantitative estimate of drug-likeness (QED) is 0.576. The minimum atomic E-state index is 0.441. The summed E-state index contributed by atoms with van der Waals surface area (Å²) < 4.78 is 0.926. The van der Waals surface area contributed by atoms with Crippen molar-refractivity contribution in [2.75, 3.05) is 0 Å². The fraction of sp³-hybridized carbons (Fsp3) is 0.375. The van der Waals surface area contributed by atoms with Crippen molar-refractivity contribution < 1.29 is 0 Å². The molecule has 0 spiro atoms.